The maximum atomic E-state index is 13.0. The Labute approximate surface area is 173 Å². The minimum atomic E-state index is -1.13. The Hall–Kier alpha value is -3.38. The van der Waals surface area contributed by atoms with Gasteiger partial charge < -0.3 is 19.9 Å². The van der Waals surface area contributed by atoms with Crippen LogP contribution >= 0.6 is 12.2 Å². The third-order valence-corrected chi connectivity index (χ3v) is 5.38. The number of anilines is 1. The van der Waals surface area contributed by atoms with Gasteiger partial charge >= 0.3 is 5.97 Å². The lowest BCUT2D eigenvalue weighted by Gasteiger charge is -2.37. The van der Waals surface area contributed by atoms with Crippen LogP contribution in [-0.4, -0.2) is 16.1 Å². The first-order valence-electron chi connectivity index (χ1n) is 9.22. The highest BCUT2D eigenvalue weighted by molar-refractivity contribution is 7.80. The van der Waals surface area contributed by atoms with Crippen molar-refractivity contribution in [3.8, 4) is 5.75 Å². The SMILES string of the molecule is CC(=S)Nc1ccc2c(c1)C(=O)OC21C2=C(CC=C(O)C=C2)Oc2ccccc21. The summed E-state index contributed by atoms with van der Waals surface area (Å²) >= 11 is 5.12. The van der Waals surface area contributed by atoms with Crippen molar-refractivity contribution in [1.82, 2.24) is 0 Å². The van der Waals surface area contributed by atoms with Gasteiger partial charge in [0.25, 0.3) is 0 Å². The van der Waals surface area contributed by atoms with Gasteiger partial charge in [0.15, 0.2) is 5.60 Å². The van der Waals surface area contributed by atoms with E-state index in [1.54, 1.807) is 31.2 Å². The van der Waals surface area contributed by atoms with E-state index in [1.807, 2.05) is 36.4 Å². The predicted octanol–water partition coefficient (Wildman–Crippen LogP) is 4.91. The van der Waals surface area contributed by atoms with Gasteiger partial charge in [0.1, 0.15) is 17.3 Å². The van der Waals surface area contributed by atoms with Crippen LogP contribution < -0.4 is 10.1 Å². The van der Waals surface area contributed by atoms with Crippen molar-refractivity contribution in [2.75, 3.05) is 5.32 Å². The smallest absolute Gasteiger partial charge is 0.340 e. The van der Waals surface area contributed by atoms with Crippen molar-refractivity contribution in [3.05, 3.63) is 94.5 Å². The van der Waals surface area contributed by atoms with Gasteiger partial charge in [-0.1, -0.05) is 36.5 Å². The Kier molecular flexibility index (Phi) is 3.86. The Morgan fingerprint density at radius 2 is 2.00 bits per heavy atom. The van der Waals surface area contributed by atoms with Crippen LogP contribution in [0.15, 0.2) is 77.8 Å². The lowest BCUT2D eigenvalue weighted by atomic mass is 9.77. The highest BCUT2D eigenvalue weighted by Crippen LogP contribution is 2.54. The minimum Gasteiger partial charge on any atom is -0.508 e. The molecule has 0 saturated heterocycles. The fourth-order valence-electron chi connectivity index (χ4n) is 4.12. The zero-order valence-corrected chi connectivity index (χ0v) is 16.4. The largest absolute Gasteiger partial charge is 0.508 e. The maximum absolute atomic E-state index is 13.0. The van der Waals surface area contributed by atoms with E-state index in [0.717, 1.165) is 16.8 Å². The summed E-state index contributed by atoms with van der Waals surface area (Å²) in [5.74, 6) is 1.00. The molecule has 0 saturated carbocycles. The number of aliphatic hydroxyl groups excluding tert-OH is 1. The van der Waals surface area contributed by atoms with Crippen molar-refractivity contribution >= 4 is 28.9 Å². The molecule has 0 bridgehead atoms. The van der Waals surface area contributed by atoms with Crippen LogP contribution in [0.1, 0.15) is 34.8 Å². The molecular weight excluding hydrogens is 386 g/mol. The molecule has 1 spiro atoms. The van der Waals surface area contributed by atoms with Crippen molar-refractivity contribution in [2.24, 2.45) is 0 Å². The molecule has 0 fully saturated rings. The predicted molar refractivity (Wildman–Crippen MR) is 113 cm³/mol. The van der Waals surface area contributed by atoms with E-state index in [1.165, 1.54) is 0 Å². The van der Waals surface area contributed by atoms with Crippen molar-refractivity contribution < 1.29 is 19.4 Å². The molecule has 0 amide bonds. The number of aliphatic hydroxyl groups is 1. The van der Waals surface area contributed by atoms with Crippen molar-refractivity contribution in [3.63, 3.8) is 0 Å². The number of ether oxygens (including phenoxy) is 2. The number of carbonyl (C=O) groups is 1. The molecule has 2 aromatic carbocycles. The molecule has 0 radical (unpaired) electrons. The van der Waals surface area contributed by atoms with Gasteiger partial charge in [-0.3, -0.25) is 0 Å². The summed E-state index contributed by atoms with van der Waals surface area (Å²) in [7, 11) is 0. The first-order chi connectivity index (χ1) is 14.0. The fraction of sp³-hybridized carbons (Fsp3) is 0.130. The van der Waals surface area contributed by atoms with Gasteiger partial charge in [-0.15, -0.1) is 0 Å². The summed E-state index contributed by atoms with van der Waals surface area (Å²) in [6, 6.07) is 13.1. The number of allylic oxidation sites excluding steroid dienone is 2. The van der Waals surface area contributed by atoms with E-state index in [2.05, 4.69) is 5.32 Å². The third kappa shape index (κ3) is 2.60. The van der Waals surface area contributed by atoms with Crippen molar-refractivity contribution in [2.45, 2.75) is 18.9 Å². The molecule has 1 unspecified atom stereocenters. The Morgan fingerprint density at radius 1 is 1.17 bits per heavy atom. The fourth-order valence-corrected chi connectivity index (χ4v) is 4.24. The number of thiocarbonyl (C=S) groups is 1. The van der Waals surface area contributed by atoms with E-state index in [-0.39, 0.29) is 5.76 Å². The van der Waals surface area contributed by atoms with Crippen LogP contribution in [0.3, 0.4) is 0 Å². The molecule has 2 aromatic rings. The second-order valence-electron chi connectivity index (χ2n) is 7.11. The molecule has 1 atom stereocenters. The van der Waals surface area contributed by atoms with Crippen molar-refractivity contribution in [1.29, 1.82) is 0 Å². The molecule has 2 aliphatic heterocycles. The summed E-state index contributed by atoms with van der Waals surface area (Å²) in [6.45, 7) is 1.78. The molecule has 5 nitrogen and oxygen atoms in total. The van der Waals surface area contributed by atoms with Gasteiger partial charge in [-0.2, -0.15) is 0 Å². The van der Waals surface area contributed by atoms with Crippen LogP contribution in [0.4, 0.5) is 5.69 Å². The van der Waals surface area contributed by atoms with E-state index in [4.69, 9.17) is 21.7 Å². The zero-order chi connectivity index (χ0) is 20.2. The quantitative estimate of drug-likeness (QED) is 0.521. The second kappa shape index (κ2) is 6.32. The molecule has 0 aromatic heterocycles. The number of esters is 1. The summed E-state index contributed by atoms with van der Waals surface area (Å²) in [5.41, 5.74) is 2.28. The van der Waals surface area contributed by atoms with E-state index in [0.29, 0.717) is 34.1 Å². The Bertz CT molecular complexity index is 1180. The number of carbonyl (C=O) groups excluding carboxylic acids is 1. The molecule has 29 heavy (non-hydrogen) atoms. The highest BCUT2D eigenvalue weighted by atomic mass is 32.1. The molecule has 144 valence electrons. The van der Waals surface area contributed by atoms with Gasteiger partial charge in [-0.25, -0.2) is 4.79 Å². The average molecular weight is 403 g/mol. The number of benzene rings is 2. The monoisotopic (exact) mass is 403 g/mol. The number of hydrogen-bond acceptors (Lipinski definition) is 5. The normalized spacial score (nSPS) is 21.4. The van der Waals surface area contributed by atoms with Crippen LogP contribution in [0.2, 0.25) is 0 Å². The van der Waals surface area contributed by atoms with Crippen LogP contribution in [-0.2, 0) is 10.3 Å². The standard InChI is InChI=1S/C23H17NO4S/c1-13(29)24-14-6-9-17-16(12-14)22(26)28-23(17)18-4-2-3-5-20(18)27-21-11-8-15(25)7-10-19(21)23/h2-10,12,25H,11H2,1H3,(H,24,29). The average Bonchev–Trinajstić information content (AvgIpc) is 2.84. The van der Waals surface area contributed by atoms with Gasteiger partial charge in [0.2, 0.25) is 0 Å². The number of rotatable bonds is 1. The number of para-hydroxylation sites is 1. The zero-order valence-electron chi connectivity index (χ0n) is 15.6. The lowest BCUT2D eigenvalue weighted by molar-refractivity contribution is 0.0213. The second-order valence-corrected chi connectivity index (χ2v) is 7.73. The summed E-state index contributed by atoms with van der Waals surface area (Å²) in [4.78, 5) is 13.6. The first kappa shape index (κ1) is 17.7. The topological polar surface area (TPSA) is 67.8 Å². The van der Waals surface area contributed by atoms with Crippen LogP contribution in [0.5, 0.6) is 5.75 Å². The molecule has 5 rings (SSSR count). The first-order valence-corrected chi connectivity index (χ1v) is 9.63. The number of nitrogens with one attached hydrogen (secondary N) is 1. The number of fused-ring (bicyclic) bond motifs is 5. The van der Waals surface area contributed by atoms with E-state index < -0.39 is 11.6 Å². The maximum Gasteiger partial charge on any atom is 0.340 e. The van der Waals surface area contributed by atoms with Gasteiger partial charge in [0.05, 0.1) is 10.6 Å². The van der Waals surface area contributed by atoms with Gasteiger partial charge in [-0.05, 0) is 43.4 Å². The molecule has 2 N–H and O–H groups in total. The Balaban J connectivity index is 1.78. The van der Waals surface area contributed by atoms with Crippen LogP contribution in [0, 0.1) is 0 Å². The summed E-state index contributed by atoms with van der Waals surface area (Å²) in [5, 5.41) is 13.1. The number of hydrogen-bond donors (Lipinski definition) is 2. The van der Waals surface area contributed by atoms with E-state index >= 15 is 0 Å². The molecule has 6 heteroatoms. The molecule has 2 heterocycles. The van der Waals surface area contributed by atoms with Crippen LogP contribution in [0.25, 0.3) is 0 Å². The lowest BCUT2D eigenvalue weighted by Crippen LogP contribution is -2.35. The molecule has 1 aliphatic carbocycles. The van der Waals surface area contributed by atoms with E-state index in [9.17, 15) is 9.90 Å². The summed E-state index contributed by atoms with van der Waals surface area (Å²) in [6.07, 6.45) is 5.42. The summed E-state index contributed by atoms with van der Waals surface area (Å²) < 4.78 is 12.2. The Morgan fingerprint density at radius 3 is 2.83 bits per heavy atom. The third-order valence-electron chi connectivity index (χ3n) is 5.28. The highest BCUT2D eigenvalue weighted by Gasteiger charge is 2.54. The van der Waals surface area contributed by atoms with Gasteiger partial charge in [0, 0.05) is 28.8 Å². The molecule has 3 aliphatic rings. The minimum absolute atomic E-state index is 0.141. The molecular formula is C23H17NO4S.